The Kier molecular flexibility index (Phi) is 37.7. The first kappa shape index (κ1) is 70.0. The maximum Gasteiger partial charge on any atom is 0.220 e. The Balaban J connectivity index is 1.50. The van der Waals surface area contributed by atoms with Crippen LogP contribution in [0.3, 0.4) is 0 Å². The van der Waals surface area contributed by atoms with E-state index in [0.29, 0.717) is 12.8 Å². The fourth-order valence-corrected chi connectivity index (χ4v) is 9.09. The highest BCUT2D eigenvalue weighted by Crippen LogP contribution is 2.33. The van der Waals surface area contributed by atoms with Crippen LogP contribution in [-0.4, -0.2) is 193 Å². The lowest BCUT2D eigenvalue weighted by atomic mass is 9.96. The summed E-state index contributed by atoms with van der Waals surface area (Å²) in [5, 5.41) is 120. The first-order valence-electron chi connectivity index (χ1n) is 29.0. The van der Waals surface area contributed by atoms with Gasteiger partial charge in [0.2, 0.25) is 5.91 Å². The summed E-state index contributed by atoms with van der Waals surface area (Å²) in [6, 6.07) is -1.01. The van der Waals surface area contributed by atoms with E-state index < -0.39 is 124 Å². The smallest absolute Gasteiger partial charge is 0.220 e. The van der Waals surface area contributed by atoms with E-state index in [1.165, 1.54) is 25.7 Å². The molecule has 0 radical (unpaired) electrons. The maximum absolute atomic E-state index is 13.3. The second kappa shape index (κ2) is 42.5. The third-order valence-corrected chi connectivity index (χ3v) is 13.9. The number of carbonyl (C=O) groups is 1. The van der Waals surface area contributed by atoms with Gasteiger partial charge in [-0.2, -0.15) is 0 Å². The summed E-state index contributed by atoms with van der Waals surface area (Å²) < 4.78 is 34.1. The molecule has 0 bridgehead atoms. The fraction of sp³-hybridized carbons (Fsp3) is 0.717. The molecular weight excluding hydrogens is 1020 g/mol. The molecule has 3 rings (SSSR count). The van der Waals surface area contributed by atoms with E-state index in [0.717, 1.165) is 83.5 Å². The van der Waals surface area contributed by atoms with Crippen LogP contribution in [0.25, 0.3) is 0 Å². The predicted molar refractivity (Wildman–Crippen MR) is 300 cm³/mol. The Labute approximate surface area is 469 Å². The lowest BCUT2D eigenvalue weighted by molar-refractivity contribution is -0.379. The van der Waals surface area contributed by atoms with Gasteiger partial charge in [-0.1, -0.05) is 150 Å². The second-order valence-electron chi connectivity index (χ2n) is 20.4. The van der Waals surface area contributed by atoms with E-state index in [-0.39, 0.29) is 18.9 Å². The van der Waals surface area contributed by atoms with Crippen LogP contribution in [-0.2, 0) is 33.2 Å². The van der Waals surface area contributed by atoms with E-state index in [1.54, 1.807) is 6.08 Å². The first-order valence-corrected chi connectivity index (χ1v) is 29.0. The molecule has 3 fully saturated rings. The van der Waals surface area contributed by atoms with Gasteiger partial charge in [-0.25, -0.2) is 0 Å². The number of carbonyl (C=O) groups excluding carboxylic acids is 1. The molecule has 3 aliphatic heterocycles. The maximum atomic E-state index is 13.3. The number of rotatable bonds is 40. The third kappa shape index (κ3) is 26.7. The minimum Gasteiger partial charge on any atom is -0.394 e. The quantitative estimate of drug-likeness (QED) is 0.0295. The van der Waals surface area contributed by atoms with Gasteiger partial charge in [-0.3, -0.25) is 4.79 Å². The van der Waals surface area contributed by atoms with Crippen LogP contribution < -0.4 is 5.32 Å². The Morgan fingerprint density at radius 1 is 0.468 bits per heavy atom. The van der Waals surface area contributed by atoms with Crippen molar-refractivity contribution in [3.63, 3.8) is 0 Å². The monoisotopic (exact) mass is 1120 g/mol. The molecule has 0 aromatic carbocycles. The van der Waals surface area contributed by atoms with Crippen molar-refractivity contribution in [3.05, 3.63) is 97.2 Å². The number of aliphatic hydroxyl groups is 11. The lowest BCUT2D eigenvalue weighted by Crippen LogP contribution is -2.66. The molecule has 79 heavy (non-hydrogen) atoms. The van der Waals surface area contributed by atoms with Crippen LogP contribution in [0.1, 0.15) is 142 Å². The summed E-state index contributed by atoms with van der Waals surface area (Å²) in [6.07, 6.45) is 25.4. The Morgan fingerprint density at radius 2 is 0.886 bits per heavy atom. The van der Waals surface area contributed by atoms with Gasteiger partial charge < -0.3 is 89.9 Å². The van der Waals surface area contributed by atoms with Crippen LogP contribution in [0, 0.1) is 0 Å². The zero-order valence-electron chi connectivity index (χ0n) is 46.8. The summed E-state index contributed by atoms with van der Waals surface area (Å²) in [4.78, 5) is 13.3. The Bertz CT molecular complexity index is 1820. The van der Waals surface area contributed by atoms with Gasteiger partial charge in [0.05, 0.1) is 38.6 Å². The van der Waals surface area contributed by atoms with E-state index >= 15 is 0 Å². The van der Waals surface area contributed by atoms with Crippen molar-refractivity contribution in [1.29, 1.82) is 0 Å². The zero-order valence-corrected chi connectivity index (χ0v) is 46.8. The predicted octanol–water partition coefficient (Wildman–Crippen LogP) is 4.59. The van der Waals surface area contributed by atoms with E-state index in [2.05, 4.69) is 104 Å². The van der Waals surface area contributed by atoms with Crippen molar-refractivity contribution >= 4 is 5.91 Å². The van der Waals surface area contributed by atoms with Crippen LogP contribution in [0.2, 0.25) is 0 Å². The molecule has 0 aromatic heterocycles. The highest BCUT2D eigenvalue weighted by atomic mass is 16.8. The van der Waals surface area contributed by atoms with E-state index in [9.17, 15) is 61.0 Å². The topological polar surface area (TPSA) is 307 Å². The van der Waals surface area contributed by atoms with Gasteiger partial charge in [0.1, 0.15) is 73.2 Å². The van der Waals surface area contributed by atoms with Crippen LogP contribution >= 0.6 is 0 Å². The largest absolute Gasteiger partial charge is 0.394 e. The second-order valence-corrected chi connectivity index (χ2v) is 20.4. The Morgan fingerprint density at radius 3 is 1.41 bits per heavy atom. The molecule has 452 valence electrons. The van der Waals surface area contributed by atoms with Crippen LogP contribution in [0.15, 0.2) is 97.2 Å². The van der Waals surface area contributed by atoms with Crippen molar-refractivity contribution in [3.8, 4) is 0 Å². The van der Waals surface area contributed by atoms with Gasteiger partial charge in [-0.15, -0.1) is 0 Å². The summed E-state index contributed by atoms with van der Waals surface area (Å²) in [6.45, 7) is 1.49. The molecule has 19 heteroatoms. The normalized spacial score (nSPS) is 31.0. The molecule has 0 aliphatic carbocycles. The molecule has 0 saturated carbocycles. The Hall–Kier alpha value is -3.29. The number of amides is 1. The van der Waals surface area contributed by atoms with Crippen molar-refractivity contribution in [2.75, 3.05) is 26.4 Å². The molecule has 19 nitrogen and oxygen atoms in total. The summed E-state index contributed by atoms with van der Waals surface area (Å²) in [5.74, 6) is -0.318. The van der Waals surface area contributed by atoms with E-state index in [1.807, 2.05) is 6.08 Å². The summed E-state index contributed by atoms with van der Waals surface area (Å²) in [5.41, 5.74) is 0. The van der Waals surface area contributed by atoms with Crippen molar-refractivity contribution in [2.45, 2.75) is 247 Å². The molecule has 3 aliphatic rings. The van der Waals surface area contributed by atoms with Gasteiger partial charge in [0, 0.05) is 6.42 Å². The molecule has 3 heterocycles. The van der Waals surface area contributed by atoms with Crippen LogP contribution in [0.5, 0.6) is 0 Å². The fourth-order valence-electron chi connectivity index (χ4n) is 9.09. The minimum atomic E-state index is -1.99. The van der Waals surface area contributed by atoms with Gasteiger partial charge in [0.25, 0.3) is 0 Å². The zero-order chi connectivity index (χ0) is 57.6. The first-order chi connectivity index (χ1) is 38.3. The lowest BCUT2D eigenvalue weighted by Gasteiger charge is -2.48. The minimum absolute atomic E-state index is 0.199. The van der Waals surface area contributed by atoms with Crippen molar-refractivity contribution < 1.29 is 89.4 Å². The van der Waals surface area contributed by atoms with Gasteiger partial charge in [-0.05, 0) is 83.5 Å². The molecule has 0 aromatic rings. The van der Waals surface area contributed by atoms with Gasteiger partial charge in [0.15, 0.2) is 18.9 Å². The number of aliphatic hydroxyl groups excluding tert-OH is 11. The van der Waals surface area contributed by atoms with E-state index in [4.69, 9.17) is 28.4 Å². The molecule has 0 spiro atoms. The average molecular weight is 1120 g/mol. The number of hydrogen-bond acceptors (Lipinski definition) is 18. The third-order valence-electron chi connectivity index (χ3n) is 13.9. The van der Waals surface area contributed by atoms with Crippen LogP contribution in [0.4, 0.5) is 0 Å². The molecule has 17 atom stereocenters. The summed E-state index contributed by atoms with van der Waals surface area (Å²) in [7, 11) is 0. The van der Waals surface area contributed by atoms with Crippen molar-refractivity contribution in [2.24, 2.45) is 0 Å². The number of unbranched alkanes of at least 4 members (excludes halogenated alkanes) is 10. The summed E-state index contributed by atoms with van der Waals surface area (Å²) >= 11 is 0. The number of nitrogens with one attached hydrogen (secondary N) is 1. The molecule has 12 N–H and O–H groups in total. The molecule has 17 unspecified atom stereocenters. The number of allylic oxidation sites excluding steroid dienone is 15. The molecule has 1 amide bonds. The molecular formula is C60H99NO18. The van der Waals surface area contributed by atoms with Gasteiger partial charge >= 0.3 is 0 Å². The molecule has 3 saturated heterocycles. The standard InChI is InChI=1S/C60H99NO18/c1-3-5-7-9-11-13-15-16-17-18-19-20-21-22-23-24-25-26-28-30-32-34-36-38-48(66)61-43(44(65)37-35-33-31-29-27-14-12-10-8-6-4-2)42-74-58-54(72)51(69)56(46(40-63)76-58)79-60-55(73)52(70)57(47(41-64)77-60)78-59-53(71)50(68)49(67)45(39-62)75-59/h5,7,11,13,16-17,19-20,22-23,25-27,29,35,37,43-47,49-60,62-65,67-73H,3-4,6,8-10,12,14-15,18,21,24,28,30-34,36,38-42H2,1-2H3,(H,61,66)/b7-5-,13-11-,17-16-,20-19-,23-22-,26-25-,29-27+,37-35+. The number of ether oxygens (including phenoxy) is 6. The highest BCUT2D eigenvalue weighted by Gasteiger charge is 2.53. The highest BCUT2D eigenvalue weighted by molar-refractivity contribution is 5.76. The number of hydrogen-bond donors (Lipinski definition) is 12. The average Bonchev–Trinajstić information content (AvgIpc) is 3.49. The SMILES string of the molecule is CC/C=C\C/C=C\C/C=C\C/C=C\C/C=C\C/C=C\CCCCCCC(=O)NC(COC1OC(CO)C(OC2OC(CO)C(OC3OC(CO)C(O)C(O)C3O)C(O)C2O)C(O)C1O)C(O)/C=C/CC/C=C/CCCCCCC. The van der Waals surface area contributed by atoms with Crippen molar-refractivity contribution in [1.82, 2.24) is 5.32 Å².